The first kappa shape index (κ1) is 23.5. The summed E-state index contributed by atoms with van der Waals surface area (Å²) in [7, 11) is 0. The molecule has 0 radical (unpaired) electrons. The van der Waals surface area contributed by atoms with Crippen LogP contribution in [0.15, 0.2) is 138 Å². The third-order valence-corrected chi connectivity index (χ3v) is 5.78. The molecule has 0 aliphatic heterocycles. The molecule has 0 atom stereocenters. The van der Waals surface area contributed by atoms with E-state index in [-0.39, 0.29) is 5.69 Å². The first-order valence-corrected chi connectivity index (χ1v) is 11.8. The summed E-state index contributed by atoms with van der Waals surface area (Å²) in [6, 6.07) is 42.7. The molecule has 37 heavy (non-hydrogen) atoms. The van der Waals surface area contributed by atoms with Crippen LogP contribution in [0.2, 0.25) is 0 Å². The smallest absolute Gasteiger partial charge is 0.271 e. The van der Waals surface area contributed by atoms with Crippen LogP contribution in [0.25, 0.3) is 0 Å². The van der Waals surface area contributed by atoms with Crippen LogP contribution in [0.1, 0.15) is 5.56 Å². The molecular formula is C31H24N4O2. The predicted octanol–water partition coefficient (Wildman–Crippen LogP) is 8.56. The van der Waals surface area contributed by atoms with Crippen molar-refractivity contribution < 1.29 is 4.92 Å². The number of non-ortho nitro benzene ring substituents is 1. The van der Waals surface area contributed by atoms with E-state index in [4.69, 9.17) is 0 Å². The number of hydrogen-bond donors (Lipinski definition) is 1. The van der Waals surface area contributed by atoms with Crippen molar-refractivity contribution in [3.05, 3.63) is 149 Å². The van der Waals surface area contributed by atoms with Gasteiger partial charge in [0, 0.05) is 41.1 Å². The first-order chi connectivity index (χ1) is 18.2. The van der Waals surface area contributed by atoms with Crippen molar-refractivity contribution in [1.82, 2.24) is 0 Å². The molecule has 5 aromatic carbocycles. The lowest BCUT2D eigenvalue weighted by Gasteiger charge is -2.25. The van der Waals surface area contributed by atoms with Crippen LogP contribution in [0.5, 0.6) is 0 Å². The molecule has 5 aromatic rings. The third kappa shape index (κ3) is 5.71. The van der Waals surface area contributed by atoms with Crippen LogP contribution in [-0.4, -0.2) is 11.1 Å². The van der Waals surface area contributed by atoms with Crippen LogP contribution in [0, 0.1) is 10.1 Å². The fraction of sp³-hybridized carbons (Fsp3) is 0. The maximum atomic E-state index is 11.4. The Kier molecular flexibility index (Phi) is 6.99. The van der Waals surface area contributed by atoms with E-state index in [2.05, 4.69) is 39.5 Å². The van der Waals surface area contributed by atoms with Gasteiger partial charge < -0.3 is 10.2 Å². The van der Waals surface area contributed by atoms with Gasteiger partial charge in [0.25, 0.3) is 5.69 Å². The number of aliphatic imine (C=N–C) groups is 1. The molecule has 0 unspecified atom stereocenters. The molecule has 0 saturated carbocycles. The van der Waals surface area contributed by atoms with Gasteiger partial charge in [0.05, 0.1) is 16.3 Å². The summed E-state index contributed by atoms with van der Waals surface area (Å²) >= 11 is 0. The van der Waals surface area contributed by atoms with Gasteiger partial charge in [0.15, 0.2) is 0 Å². The van der Waals surface area contributed by atoms with E-state index in [9.17, 15) is 10.1 Å². The lowest BCUT2D eigenvalue weighted by atomic mass is 10.1. The fourth-order valence-corrected chi connectivity index (χ4v) is 3.98. The quantitative estimate of drug-likeness (QED) is 0.136. The van der Waals surface area contributed by atoms with Crippen LogP contribution in [-0.2, 0) is 0 Å². The minimum Gasteiger partial charge on any atom is -0.354 e. The Morgan fingerprint density at radius 1 is 0.676 bits per heavy atom. The number of para-hydroxylation sites is 3. The monoisotopic (exact) mass is 484 g/mol. The number of rotatable bonds is 8. The topological polar surface area (TPSA) is 70.8 Å². The molecule has 6 nitrogen and oxygen atoms in total. The first-order valence-electron chi connectivity index (χ1n) is 11.8. The lowest BCUT2D eigenvalue weighted by molar-refractivity contribution is -0.384. The van der Waals surface area contributed by atoms with Crippen LogP contribution >= 0.6 is 0 Å². The number of anilines is 5. The lowest BCUT2D eigenvalue weighted by Crippen LogP contribution is -2.09. The Morgan fingerprint density at radius 3 is 1.78 bits per heavy atom. The van der Waals surface area contributed by atoms with Gasteiger partial charge in [0.1, 0.15) is 0 Å². The summed E-state index contributed by atoms with van der Waals surface area (Å²) in [5.74, 6) is 0. The molecule has 0 spiro atoms. The van der Waals surface area contributed by atoms with Crippen molar-refractivity contribution in [2.75, 3.05) is 10.2 Å². The molecule has 0 aliphatic carbocycles. The van der Waals surface area contributed by atoms with E-state index in [0.29, 0.717) is 11.4 Å². The highest BCUT2D eigenvalue weighted by Crippen LogP contribution is 2.35. The zero-order chi connectivity index (χ0) is 25.5. The van der Waals surface area contributed by atoms with Crippen molar-refractivity contribution in [3.8, 4) is 0 Å². The Bertz CT molecular complexity index is 1460. The fourth-order valence-electron chi connectivity index (χ4n) is 3.98. The number of benzene rings is 5. The molecular weight excluding hydrogens is 460 g/mol. The van der Waals surface area contributed by atoms with Gasteiger partial charge in [-0.15, -0.1) is 0 Å². The molecule has 0 heterocycles. The number of nitro benzene ring substituents is 1. The van der Waals surface area contributed by atoms with Crippen molar-refractivity contribution >= 4 is 46.0 Å². The molecule has 0 fully saturated rings. The zero-order valence-corrected chi connectivity index (χ0v) is 19.9. The zero-order valence-electron chi connectivity index (χ0n) is 19.9. The highest BCUT2D eigenvalue weighted by molar-refractivity contribution is 5.87. The summed E-state index contributed by atoms with van der Waals surface area (Å²) in [6.07, 6.45) is 1.72. The van der Waals surface area contributed by atoms with Gasteiger partial charge in [-0.25, -0.2) is 0 Å². The van der Waals surface area contributed by atoms with Crippen molar-refractivity contribution in [3.63, 3.8) is 0 Å². The van der Waals surface area contributed by atoms with E-state index >= 15 is 0 Å². The molecule has 0 bridgehead atoms. The molecule has 5 rings (SSSR count). The molecule has 0 aliphatic rings. The number of hydrogen-bond acceptors (Lipinski definition) is 5. The van der Waals surface area contributed by atoms with Gasteiger partial charge in [-0.3, -0.25) is 15.1 Å². The summed E-state index contributed by atoms with van der Waals surface area (Å²) in [5.41, 5.74) is 6.04. The summed E-state index contributed by atoms with van der Waals surface area (Å²) in [5, 5.41) is 14.7. The van der Waals surface area contributed by atoms with Gasteiger partial charge >= 0.3 is 0 Å². The van der Waals surface area contributed by atoms with Gasteiger partial charge in [0.2, 0.25) is 0 Å². The summed E-state index contributed by atoms with van der Waals surface area (Å²) in [6.45, 7) is 0. The maximum absolute atomic E-state index is 11.4. The Labute approximate surface area is 215 Å². The van der Waals surface area contributed by atoms with Crippen LogP contribution < -0.4 is 10.2 Å². The standard InChI is InChI=1S/C31H24N4O2/c36-35(37)29-20-21-30(33-25-10-4-1-5-11-25)31(22-29)32-23-24-16-18-28(19-17-24)34(26-12-6-2-7-13-26)27-14-8-3-9-15-27/h1-23,33H. The van der Waals surface area contributed by atoms with Crippen LogP contribution in [0.3, 0.4) is 0 Å². The second-order valence-corrected chi connectivity index (χ2v) is 8.31. The molecule has 0 amide bonds. The largest absolute Gasteiger partial charge is 0.354 e. The number of nitrogens with zero attached hydrogens (tertiary/aromatic N) is 3. The molecule has 1 N–H and O–H groups in total. The molecule has 180 valence electrons. The number of nitro groups is 1. The Hall–Kier alpha value is -5.23. The average molecular weight is 485 g/mol. The van der Waals surface area contributed by atoms with Gasteiger partial charge in [-0.1, -0.05) is 66.7 Å². The summed E-state index contributed by atoms with van der Waals surface area (Å²) in [4.78, 5) is 17.7. The number of nitrogens with one attached hydrogen (secondary N) is 1. The molecule has 0 aromatic heterocycles. The van der Waals surface area contributed by atoms with Gasteiger partial charge in [-0.05, 0) is 60.2 Å². The Morgan fingerprint density at radius 2 is 1.22 bits per heavy atom. The minimum absolute atomic E-state index is 0.0116. The normalized spacial score (nSPS) is 10.8. The van der Waals surface area contributed by atoms with E-state index in [0.717, 1.165) is 28.3 Å². The highest BCUT2D eigenvalue weighted by atomic mass is 16.6. The van der Waals surface area contributed by atoms with Crippen molar-refractivity contribution in [2.24, 2.45) is 4.99 Å². The molecule has 0 saturated heterocycles. The van der Waals surface area contributed by atoms with Crippen molar-refractivity contribution in [2.45, 2.75) is 0 Å². The Balaban J connectivity index is 1.44. The highest BCUT2D eigenvalue weighted by Gasteiger charge is 2.12. The second-order valence-electron chi connectivity index (χ2n) is 8.31. The van der Waals surface area contributed by atoms with E-state index < -0.39 is 4.92 Å². The SMILES string of the molecule is O=[N+]([O-])c1ccc(Nc2ccccc2)c(N=Cc2ccc(N(c3ccccc3)c3ccccc3)cc2)c1. The van der Waals surface area contributed by atoms with Crippen molar-refractivity contribution in [1.29, 1.82) is 0 Å². The summed E-state index contributed by atoms with van der Waals surface area (Å²) < 4.78 is 0. The predicted molar refractivity (Wildman–Crippen MR) is 151 cm³/mol. The average Bonchev–Trinajstić information content (AvgIpc) is 2.95. The third-order valence-electron chi connectivity index (χ3n) is 5.78. The minimum atomic E-state index is -0.415. The van der Waals surface area contributed by atoms with Crippen LogP contribution in [0.4, 0.5) is 39.8 Å². The van der Waals surface area contributed by atoms with E-state index in [1.807, 2.05) is 91.0 Å². The maximum Gasteiger partial charge on any atom is 0.271 e. The van der Waals surface area contributed by atoms with Gasteiger partial charge in [-0.2, -0.15) is 0 Å². The molecule has 6 heteroatoms. The van der Waals surface area contributed by atoms with E-state index in [1.165, 1.54) is 12.1 Å². The van der Waals surface area contributed by atoms with E-state index in [1.54, 1.807) is 12.3 Å². The second kappa shape index (κ2) is 11.0.